The third-order valence-electron chi connectivity index (χ3n) is 5.40. The summed E-state index contributed by atoms with van der Waals surface area (Å²) in [6, 6.07) is 9.31. The molecular weight excluding hydrogens is 480 g/mol. The zero-order valence-electron chi connectivity index (χ0n) is 18.1. The van der Waals surface area contributed by atoms with E-state index in [1.165, 1.54) is 12.1 Å². The highest BCUT2D eigenvalue weighted by Gasteiger charge is 2.37. The van der Waals surface area contributed by atoms with E-state index in [4.69, 9.17) is 4.74 Å². The Morgan fingerprint density at radius 3 is 2.43 bits per heavy atom. The number of hydrogen-bond acceptors (Lipinski definition) is 9. The van der Waals surface area contributed by atoms with Gasteiger partial charge < -0.3 is 9.64 Å². The molecule has 12 nitrogen and oxygen atoms in total. The van der Waals surface area contributed by atoms with Crippen molar-refractivity contribution in [1.29, 1.82) is 0 Å². The van der Waals surface area contributed by atoms with Crippen molar-refractivity contribution in [2.75, 3.05) is 19.6 Å². The van der Waals surface area contributed by atoms with Crippen LogP contribution in [0.25, 0.3) is 6.08 Å². The molecule has 2 aromatic rings. The fourth-order valence-electron chi connectivity index (χ4n) is 3.64. The summed E-state index contributed by atoms with van der Waals surface area (Å²) in [6.07, 6.45) is 3.17. The Labute approximate surface area is 202 Å². The maximum absolute atomic E-state index is 12.8. The number of rotatable bonds is 7. The van der Waals surface area contributed by atoms with Gasteiger partial charge in [-0.2, -0.15) is 0 Å². The van der Waals surface area contributed by atoms with Crippen LogP contribution in [0.4, 0.5) is 16.2 Å². The standard InChI is InChI=1S/C22H18N4O8S/c27-20(23-9-3-4-10-23)13-24-21(28)19(35-22(24)29)11-14-5-1-2-6-17(14)34-18-8-7-15(25(30)31)12-16(18)26(32)33/h1-2,5-8,11-12H,3-4,9-10,13H2/b19-11+. The van der Waals surface area contributed by atoms with Gasteiger partial charge in [-0.25, -0.2) is 0 Å². The number of hydrogen-bond donors (Lipinski definition) is 0. The van der Waals surface area contributed by atoms with Gasteiger partial charge in [-0.1, -0.05) is 18.2 Å². The molecule has 0 unspecified atom stereocenters. The van der Waals surface area contributed by atoms with E-state index in [9.17, 15) is 34.6 Å². The molecule has 180 valence electrons. The first kappa shape index (κ1) is 23.9. The minimum absolute atomic E-state index is 0.0680. The lowest BCUT2D eigenvalue weighted by Gasteiger charge is -2.18. The lowest BCUT2D eigenvalue weighted by molar-refractivity contribution is -0.394. The monoisotopic (exact) mass is 498 g/mol. The van der Waals surface area contributed by atoms with Crippen molar-refractivity contribution in [3.05, 3.63) is 73.2 Å². The number of non-ortho nitro benzene ring substituents is 1. The summed E-state index contributed by atoms with van der Waals surface area (Å²) in [5.74, 6) is -1.01. The molecular formula is C22H18N4O8S. The molecule has 2 saturated heterocycles. The molecule has 0 atom stereocenters. The first-order valence-corrected chi connectivity index (χ1v) is 11.3. The molecule has 35 heavy (non-hydrogen) atoms. The van der Waals surface area contributed by atoms with E-state index in [0.29, 0.717) is 30.4 Å². The number of imide groups is 1. The zero-order valence-corrected chi connectivity index (χ0v) is 18.9. The lowest BCUT2D eigenvalue weighted by Crippen LogP contribution is -2.40. The summed E-state index contributed by atoms with van der Waals surface area (Å²) < 4.78 is 5.68. The van der Waals surface area contributed by atoms with E-state index in [-0.39, 0.29) is 28.9 Å². The van der Waals surface area contributed by atoms with Crippen LogP contribution in [0.2, 0.25) is 0 Å². The van der Waals surface area contributed by atoms with Crippen LogP contribution in [-0.2, 0) is 9.59 Å². The van der Waals surface area contributed by atoms with Gasteiger partial charge in [0.25, 0.3) is 16.8 Å². The van der Waals surface area contributed by atoms with E-state index < -0.39 is 32.4 Å². The van der Waals surface area contributed by atoms with Crippen LogP contribution < -0.4 is 4.74 Å². The van der Waals surface area contributed by atoms with Gasteiger partial charge in [-0.05, 0) is 42.8 Å². The predicted molar refractivity (Wildman–Crippen MR) is 125 cm³/mol. The third kappa shape index (κ3) is 5.14. The van der Waals surface area contributed by atoms with Crippen molar-refractivity contribution in [3.8, 4) is 11.5 Å². The van der Waals surface area contributed by atoms with Gasteiger partial charge in [0.2, 0.25) is 11.7 Å². The van der Waals surface area contributed by atoms with Crippen LogP contribution in [0, 0.1) is 20.2 Å². The zero-order chi connectivity index (χ0) is 25.1. The molecule has 3 amide bonds. The quantitative estimate of drug-likeness (QED) is 0.313. The van der Waals surface area contributed by atoms with Crippen molar-refractivity contribution < 1.29 is 29.0 Å². The van der Waals surface area contributed by atoms with Gasteiger partial charge in [0, 0.05) is 24.7 Å². The highest BCUT2D eigenvalue weighted by Crippen LogP contribution is 2.38. The summed E-state index contributed by atoms with van der Waals surface area (Å²) in [5.41, 5.74) is -0.722. The maximum Gasteiger partial charge on any atom is 0.318 e. The number of nitro benzene ring substituents is 2. The van der Waals surface area contributed by atoms with Crippen LogP contribution in [0.1, 0.15) is 18.4 Å². The first-order chi connectivity index (χ1) is 16.7. The molecule has 0 aliphatic carbocycles. The number of benzene rings is 2. The van der Waals surface area contributed by atoms with E-state index in [1.54, 1.807) is 23.1 Å². The van der Waals surface area contributed by atoms with Crippen molar-refractivity contribution >= 4 is 46.3 Å². The molecule has 13 heteroatoms. The topological polar surface area (TPSA) is 153 Å². The van der Waals surface area contributed by atoms with Crippen LogP contribution in [0.3, 0.4) is 0 Å². The largest absolute Gasteiger partial charge is 0.449 e. The van der Waals surface area contributed by atoms with Crippen molar-refractivity contribution in [1.82, 2.24) is 9.80 Å². The van der Waals surface area contributed by atoms with Gasteiger partial charge in [-0.15, -0.1) is 0 Å². The summed E-state index contributed by atoms with van der Waals surface area (Å²) in [4.78, 5) is 61.1. The Hall–Kier alpha value is -4.26. The van der Waals surface area contributed by atoms with E-state index >= 15 is 0 Å². The number of carbonyl (C=O) groups is 3. The molecule has 2 fully saturated rings. The Morgan fingerprint density at radius 1 is 1.03 bits per heavy atom. The molecule has 0 spiro atoms. The molecule has 2 aliphatic heterocycles. The number of likely N-dealkylation sites (tertiary alicyclic amines) is 1. The maximum atomic E-state index is 12.8. The minimum atomic E-state index is -0.798. The fourth-order valence-corrected chi connectivity index (χ4v) is 4.47. The van der Waals surface area contributed by atoms with Crippen LogP contribution in [0.5, 0.6) is 11.5 Å². The molecule has 2 aliphatic rings. The summed E-state index contributed by atoms with van der Waals surface area (Å²) in [6.45, 7) is 0.865. The Kier molecular flexibility index (Phi) is 6.78. The second-order valence-electron chi connectivity index (χ2n) is 7.66. The molecule has 0 N–H and O–H groups in total. The van der Waals surface area contributed by atoms with Gasteiger partial charge in [0.15, 0.2) is 0 Å². The fraction of sp³-hybridized carbons (Fsp3) is 0.227. The van der Waals surface area contributed by atoms with E-state index in [2.05, 4.69) is 0 Å². The molecule has 0 saturated carbocycles. The van der Waals surface area contributed by atoms with Gasteiger partial charge >= 0.3 is 5.69 Å². The molecule has 0 bridgehead atoms. The van der Waals surface area contributed by atoms with Crippen molar-refractivity contribution in [2.45, 2.75) is 12.8 Å². The van der Waals surface area contributed by atoms with E-state index in [0.717, 1.165) is 35.9 Å². The third-order valence-corrected chi connectivity index (χ3v) is 6.31. The number of nitro groups is 2. The second-order valence-corrected chi connectivity index (χ2v) is 8.66. The van der Waals surface area contributed by atoms with Crippen LogP contribution in [-0.4, -0.2) is 56.3 Å². The molecule has 2 heterocycles. The minimum Gasteiger partial charge on any atom is -0.449 e. The summed E-state index contributed by atoms with van der Waals surface area (Å²) >= 11 is 0.678. The van der Waals surface area contributed by atoms with Gasteiger partial charge in [0.1, 0.15) is 12.3 Å². The molecule has 0 radical (unpaired) electrons. The predicted octanol–water partition coefficient (Wildman–Crippen LogP) is 3.95. The summed E-state index contributed by atoms with van der Waals surface area (Å²) in [5, 5.41) is 21.8. The van der Waals surface area contributed by atoms with Crippen LogP contribution in [0.15, 0.2) is 47.4 Å². The average Bonchev–Trinajstić information content (AvgIpc) is 3.45. The Morgan fingerprint density at radius 2 is 1.74 bits per heavy atom. The number of para-hydroxylation sites is 1. The highest BCUT2D eigenvalue weighted by atomic mass is 32.2. The molecule has 0 aromatic heterocycles. The Bertz CT molecular complexity index is 1270. The van der Waals surface area contributed by atoms with Gasteiger partial charge in [0.05, 0.1) is 20.8 Å². The Balaban J connectivity index is 1.58. The molecule has 4 rings (SSSR count). The second kappa shape index (κ2) is 9.93. The average molecular weight is 498 g/mol. The number of amides is 3. The summed E-state index contributed by atoms with van der Waals surface area (Å²) in [7, 11) is 0. The normalized spacial score (nSPS) is 16.7. The van der Waals surface area contributed by atoms with E-state index in [1.807, 2.05) is 0 Å². The number of thioether (sulfide) groups is 1. The molecule has 2 aromatic carbocycles. The first-order valence-electron chi connectivity index (χ1n) is 10.5. The number of nitrogens with zero attached hydrogens (tertiary/aromatic N) is 4. The highest BCUT2D eigenvalue weighted by molar-refractivity contribution is 8.18. The van der Waals surface area contributed by atoms with Crippen molar-refractivity contribution in [2.24, 2.45) is 0 Å². The van der Waals surface area contributed by atoms with Gasteiger partial charge in [-0.3, -0.25) is 39.5 Å². The lowest BCUT2D eigenvalue weighted by atomic mass is 10.1. The van der Waals surface area contributed by atoms with Crippen LogP contribution >= 0.6 is 11.8 Å². The SMILES string of the molecule is O=C(CN1C(=O)S/C(=C/c2ccccc2Oc2ccc([N+](=O)[O-])cc2[N+](=O)[O-])C1=O)N1CCCC1. The number of ether oxygens (including phenoxy) is 1. The number of carbonyl (C=O) groups excluding carboxylic acids is 3. The smallest absolute Gasteiger partial charge is 0.318 e. The van der Waals surface area contributed by atoms with Crippen molar-refractivity contribution in [3.63, 3.8) is 0 Å².